The molecule has 0 saturated carbocycles. The summed E-state index contributed by atoms with van der Waals surface area (Å²) >= 11 is 0. The molecule has 21 heavy (non-hydrogen) atoms. The monoisotopic (exact) mass is 300 g/mol. The molecule has 2 rings (SSSR count). The fourth-order valence-corrected chi connectivity index (χ4v) is 2.78. The molecule has 1 aromatic rings. The average molecular weight is 300 g/mol. The van der Waals surface area contributed by atoms with Crippen LogP contribution in [0.2, 0.25) is 0 Å². The summed E-state index contributed by atoms with van der Waals surface area (Å²) in [6.07, 6.45) is -2.20. The van der Waals surface area contributed by atoms with E-state index in [-0.39, 0.29) is 0 Å². The molecule has 1 saturated heterocycles. The highest BCUT2D eigenvalue weighted by atomic mass is 19.4. The van der Waals surface area contributed by atoms with Gasteiger partial charge in [-0.05, 0) is 44.3 Å². The van der Waals surface area contributed by atoms with Gasteiger partial charge in [0, 0.05) is 13.1 Å². The van der Waals surface area contributed by atoms with Crippen molar-refractivity contribution in [2.24, 2.45) is 5.92 Å². The van der Waals surface area contributed by atoms with Gasteiger partial charge in [-0.1, -0.05) is 29.8 Å². The summed E-state index contributed by atoms with van der Waals surface area (Å²) in [4.78, 5) is 2.39. The Morgan fingerprint density at radius 3 is 2.62 bits per heavy atom. The van der Waals surface area contributed by atoms with Crippen molar-refractivity contribution in [3.63, 3.8) is 0 Å². The quantitative estimate of drug-likeness (QED) is 0.811. The maximum Gasteiger partial charge on any atom is 0.401 e. The van der Waals surface area contributed by atoms with Crippen LogP contribution < -0.4 is 5.32 Å². The van der Waals surface area contributed by atoms with Crippen molar-refractivity contribution in [3.05, 3.63) is 35.4 Å². The van der Waals surface area contributed by atoms with Crippen molar-refractivity contribution in [2.45, 2.75) is 32.5 Å². The number of likely N-dealkylation sites (tertiary alicyclic amines) is 1. The van der Waals surface area contributed by atoms with Crippen LogP contribution in [0.3, 0.4) is 0 Å². The number of hydrogen-bond donors (Lipinski definition) is 1. The molecule has 0 aliphatic carbocycles. The maximum absolute atomic E-state index is 12.0. The van der Waals surface area contributed by atoms with Crippen molar-refractivity contribution in [2.75, 3.05) is 26.2 Å². The van der Waals surface area contributed by atoms with Crippen LogP contribution in [0, 0.1) is 12.8 Å². The predicted molar refractivity (Wildman–Crippen MR) is 78.1 cm³/mol. The van der Waals surface area contributed by atoms with Crippen LogP contribution in [0.4, 0.5) is 13.2 Å². The molecule has 1 fully saturated rings. The standard InChI is InChI=1S/C16H23F3N2/c1-13-2-4-14(5-3-13)10-21-9-7-15(11-21)6-8-20-12-16(17,18)19/h2-5,15,20H,6-12H2,1H3. The van der Waals surface area contributed by atoms with E-state index in [2.05, 4.69) is 41.4 Å². The molecule has 1 aromatic carbocycles. The van der Waals surface area contributed by atoms with Gasteiger partial charge in [0.1, 0.15) is 0 Å². The van der Waals surface area contributed by atoms with Gasteiger partial charge < -0.3 is 5.32 Å². The molecule has 0 bridgehead atoms. The lowest BCUT2D eigenvalue weighted by Crippen LogP contribution is -2.30. The minimum absolute atomic E-state index is 0.447. The molecule has 0 aromatic heterocycles. The SMILES string of the molecule is Cc1ccc(CN2CCC(CCNCC(F)(F)F)C2)cc1. The van der Waals surface area contributed by atoms with Crippen LogP contribution in [0.15, 0.2) is 24.3 Å². The van der Waals surface area contributed by atoms with Crippen molar-refractivity contribution < 1.29 is 13.2 Å². The van der Waals surface area contributed by atoms with Crippen LogP contribution in [0.5, 0.6) is 0 Å². The number of hydrogen-bond acceptors (Lipinski definition) is 2. The van der Waals surface area contributed by atoms with Gasteiger partial charge in [0.15, 0.2) is 0 Å². The fourth-order valence-electron chi connectivity index (χ4n) is 2.78. The molecule has 2 nitrogen and oxygen atoms in total. The molecule has 0 radical (unpaired) electrons. The van der Waals surface area contributed by atoms with Gasteiger partial charge in [0.05, 0.1) is 6.54 Å². The first-order chi connectivity index (χ1) is 9.92. The van der Waals surface area contributed by atoms with E-state index in [0.29, 0.717) is 12.5 Å². The first-order valence-corrected chi connectivity index (χ1v) is 7.48. The van der Waals surface area contributed by atoms with Crippen molar-refractivity contribution in [1.82, 2.24) is 10.2 Å². The van der Waals surface area contributed by atoms with E-state index in [1.165, 1.54) is 11.1 Å². The van der Waals surface area contributed by atoms with Crippen molar-refractivity contribution in [1.29, 1.82) is 0 Å². The molecular weight excluding hydrogens is 277 g/mol. The molecule has 0 amide bonds. The summed E-state index contributed by atoms with van der Waals surface area (Å²) < 4.78 is 36.1. The lowest BCUT2D eigenvalue weighted by atomic mass is 10.1. The van der Waals surface area contributed by atoms with Gasteiger partial charge in [-0.2, -0.15) is 13.2 Å². The van der Waals surface area contributed by atoms with E-state index in [9.17, 15) is 13.2 Å². The first kappa shape index (κ1) is 16.3. The van der Waals surface area contributed by atoms with Crippen molar-refractivity contribution in [3.8, 4) is 0 Å². The maximum atomic E-state index is 12.0. The van der Waals surface area contributed by atoms with E-state index in [4.69, 9.17) is 0 Å². The molecule has 5 heteroatoms. The summed E-state index contributed by atoms with van der Waals surface area (Å²) in [5.41, 5.74) is 2.56. The number of rotatable bonds is 6. The lowest BCUT2D eigenvalue weighted by Gasteiger charge is -2.16. The van der Waals surface area contributed by atoms with E-state index >= 15 is 0 Å². The third kappa shape index (κ3) is 6.06. The predicted octanol–water partition coefficient (Wildman–Crippen LogP) is 3.36. The van der Waals surface area contributed by atoms with Gasteiger partial charge in [0.25, 0.3) is 0 Å². The molecule has 1 atom stereocenters. The van der Waals surface area contributed by atoms with Crippen LogP contribution in [-0.2, 0) is 6.54 Å². The second-order valence-corrected chi connectivity index (χ2v) is 5.96. The Kier molecular flexibility index (Phi) is 5.65. The number of alkyl halides is 3. The minimum Gasteiger partial charge on any atom is -0.309 e. The molecule has 1 unspecified atom stereocenters. The second kappa shape index (κ2) is 7.27. The fraction of sp³-hybridized carbons (Fsp3) is 0.625. The van der Waals surface area contributed by atoms with Crippen molar-refractivity contribution >= 4 is 0 Å². The molecule has 0 spiro atoms. The lowest BCUT2D eigenvalue weighted by molar-refractivity contribution is -0.124. The summed E-state index contributed by atoms with van der Waals surface area (Å²) in [5, 5.41) is 2.48. The van der Waals surface area contributed by atoms with Gasteiger partial charge in [-0.15, -0.1) is 0 Å². The second-order valence-electron chi connectivity index (χ2n) is 5.96. The average Bonchev–Trinajstić information content (AvgIpc) is 2.84. The smallest absolute Gasteiger partial charge is 0.309 e. The molecule has 1 heterocycles. The van der Waals surface area contributed by atoms with Crippen LogP contribution in [0.1, 0.15) is 24.0 Å². The Bertz CT molecular complexity index is 428. The first-order valence-electron chi connectivity index (χ1n) is 7.48. The highest BCUT2D eigenvalue weighted by Gasteiger charge is 2.27. The van der Waals surface area contributed by atoms with Crippen LogP contribution >= 0.6 is 0 Å². The molecule has 1 aliphatic heterocycles. The van der Waals surface area contributed by atoms with E-state index in [1.807, 2.05) is 0 Å². The van der Waals surface area contributed by atoms with E-state index in [0.717, 1.165) is 32.5 Å². The topological polar surface area (TPSA) is 15.3 Å². The third-order valence-electron chi connectivity index (χ3n) is 3.95. The number of nitrogens with one attached hydrogen (secondary N) is 1. The summed E-state index contributed by atoms with van der Waals surface area (Å²) in [6.45, 7) is 4.60. The van der Waals surface area contributed by atoms with Gasteiger partial charge in [0.2, 0.25) is 0 Å². The number of nitrogens with zero attached hydrogens (tertiary/aromatic N) is 1. The van der Waals surface area contributed by atoms with E-state index in [1.54, 1.807) is 0 Å². The van der Waals surface area contributed by atoms with Gasteiger partial charge in [-0.3, -0.25) is 4.90 Å². The number of aryl methyl sites for hydroxylation is 1. The minimum atomic E-state index is -4.10. The van der Waals surface area contributed by atoms with Crippen LogP contribution in [-0.4, -0.2) is 37.3 Å². The molecule has 1 N–H and O–H groups in total. The Hall–Kier alpha value is -1.07. The molecular formula is C16H23F3N2. The summed E-state index contributed by atoms with van der Waals surface area (Å²) in [5.74, 6) is 0.510. The molecule has 1 aliphatic rings. The zero-order valence-corrected chi connectivity index (χ0v) is 12.4. The third-order valence-corrected chi connectivity index (χ3v) is 3.95. The Balaban J connectivity index is 1.65. The van der Waals surface area contributed by atoms with E-state index < -0.39 is 12.7 Å². The van der Waals surface area contributed by atoms with Crippen LogP contribution in [0.25, 0.3) is 0 Å². The Morgan fingerprint density at radius 1 is 1.24 bits per heavy atom. The summed E-state index contributed by atoms with van der Waals surface area (Å²) in [7, 11) is 0. The Labute approximate surface area is 124 Å². The Morgan fingerprint density at radius 2 is 1.95 bits per heavy atom. The zero-order chi connectivity index (χ0) is 15.3. The zero-order valence-electron chi connectivity index (χ0n) is 12.4. The molecule has 118 valence electrons. The van der Waals surface area contributed by atoms with Gasteiger partial charge in [-0.25, -0.2) is 0 Å². The van der Waals surface area contributed by atoms with Gasteiger partial charge >= 0.3 is 6.18 Å². The highest BCUT2D eigenvalue weighted by molar-refractivity contribution is 5.21. The highest BCUT2D eigenvalue weighted by Crippen LogP contribution is 2.21. The largest absolute Gasteiger partial charge is 0.401 e. The number of halogens is 3. The number of benzene rings is 1. The summed E-state index contributed by atoms with van der Waals surface area (Å²) in [6, 6.07) is 8.52. The normalized spacial score (nSPS) is 20.1.